The van der Waals surface area contributed by atoms with E-state index in [2.05, 4.69) is 0 Å². The number of carbonyl (C=O) groups excluding carboxylic acids is 1. The van der Waals surface area contributed by atoms with Crippen LogP contribution < -0.4 is 0 Å². The summed E-state index contributed by atoms with van der Waals surface area (Å²) in [5.74, 6) is -0.259. The zero-order valence-electron chi connectivity index (χ0n) is 11.2. The minimum atomic E-state index is -0.852. The maximum Gasteiger partial charge on any atom is 0.346 e. The third kappa shape index (κ3) is 4.09. The lowest BCUT2D eigenvalue weighted by molar-refractivity contribution is -0.422. The number of benzene rings is 1. The highest BCUT2D eigenvalue weighted by atomic mass is 16.6. The van der Waals surface area contributed by atoms with E-state index >= 15 is 0 Å². The van der Waals surface area contributed by atoms with Crippen molar-refractivity contribution in [2.75, 3.05) is 20.6 Å². The van der Waals surface area contributed by atoms with Gasteiger partial charge in [-0.3, -0.25) is 25.0 Å². The Kier molecular flexibility index (Phi) is 5.27. The van der Waals surface area contributed by atoms with Crippen LogP contribution in [0.5, 0.6) is 0 Å². The summed E-state index contributed by atoms with van der Waals surface area (Å²) in [6.45, 7) is 0.723. The lowest BCUT2D eigenvalue weighted by Gasteiger charge is -2.08. The highest BCUT2D eigenvalue weighted by Crippen LogP contribution is 2.28. The highest BCUT2D eigenvalue weighted by Gasteiger charge is 2.25. The van der Waals surface area contributed by atoms with Gasteiger partial charge in [-0.05, 0) is 33.1 Å². The molecule has 0 radical (unpaired) electrons. The number of hydrogen-bond acceptors (Lipinski definition) is 6. The van der Waals surface area contributed by atoms with E-state index in [1.165, 1.54) is 6.07 Å². The van der Waals surface area contributed by atoms with E-state index in [0.29, 0.717) is 6.42 Å². The lowest BCUT2D eigenvalue weighted by Crippen LogP contribution is -2.14. The molecule has 0 saturated heterocycles. The van der Waals surface area contributed by atoms with Crippen molar-refractivity contribution in [1.29, 1.82) is 0 Å². The molecule has 20 heavy (non-hydrogen) atoms. The van der Waals surface area contributed by atoms with E-state index in [0.717, 1.165) is 18.7 Å². The van der Waals surface area contributed by atoms with Crippen molar-refractivity contribution in [2.45, 2.75) is 12.8 Å². The molecule has 0 bridgehead atoms. The standard InChI is InChI=1S/C12H15N3O5/c1-13(2)7-3-4-12(16)9-5-6-10(14(17)18)11(8-9)15(19)20/h5-6,8H,3-4,7H2,1-2H3. The zero-order valence-corrected chi connectivity index (χ0v) is 11.2. The summed E-state index contributed by atoms with van der Waals surface area (Å²) in [7, 11) is 3.75. The van der Waals surface area contributed by atoms with E-state index in [1.54, 1.807) is 0 Å². The van der Waals surface area contributed by atoms with Gasteiger partial charge >= 0.3 is 11.4 Å². The molecule has 0 atom stereocenters. The Morgan fingerprint density at radius 3 is 2.25 bits per heavy atom. The van der Waals surface area contributed by atoms with Gasteiger partial charge in [0.2, 0.25) is 0 Å². The fourth-order valence-electron chi connectivity index (χ4n) is 1.70. The summed E-state index contributed by atoms with van der Waals surface area (Å²) in [4.78, 5) is 33.6. The van der Waals surface area contributed by atoms with Crippen LogP contribution in [0.2, 0.25) is 0 Å². The van der Waals surface area contributed by atoms with Crippen molar-refractivity contribution in [1.82, 2.24) is 4.90 Å². The van der Waals surface area contributed by atoms with E-state index in [4.69, 9.17) is 0 Å². The van der Waals surface area contributed by atoms with E-state index in [-0.39, 0.29) is 17.8 Å². The Morgan fingerprint density at radius 2 is 1.75 bits per heavy atom. The summed E-state index contributed by atoms with van der Waals surface area (Å²) < 4.78 is 0. The average Bonchev–Trinajstić information content (AvgIpc) is 2.37. The van der Waals surface area contributed by atoms with Gasteiger partial charge in [0.15, 0.2) is 5.78 Å². The number of ketones is 1. The SMILES string of the molecule is CN(C)CCCC(=O)c1ccc([N+](=O)[O-])c([N+](=O)[O-])c1. The van der Waals surface area contributed by atoms with Crippen molar-refractivity contribution in [3.8, 4) is 0 Å². The van der Waals surface area contributed by atoms with E-state index < -0.39 is 21.2 Å². The first-order chi connectivity index (χ1) is 9.32. The van der Waals surface area contributed by atoms with Crippen molar-refractivity contribution in [3.05, 3.63) is 44.0 Å². The number of hydrogen-bond donors (Lipinski definition) is 0. The minimum Gasteiger partial charge on any atom is -0.309 e. The molecule has 0 amide bonds. The molecule has 0 heterocycles. The first-order valence-electron chi connectivity index (χ1n) is 5.93. The zero-order chi connectivity index (χ0) is 15.3. The van der Waals surface area contributed by atoms with Gasteiger partial charge in [0.05, 0.1) is 9.85 Å². The van der Waals surface area contributed by atoms with Crippen LogP contribution in [0.1, 0.15) is 23.2 Å². The second kappa shape index (κ2) is 6.71. The van der Waals surface area contributed by atoms with Crippen LogP contribution in [0.15, 0.2) is 18.2 Å². The number of carbonyl (C=O) groups is 1. The Balaban J connectivity index is 2.92. The molecule has 0 aliphatic carbocycles. The van der Waals surface area contributed by atoms with Crippen LogP contribution in [0.4, 0.5) is 11.4 Å². The molecule has 1 aromatic carbocycles. The molecule has 0 aliphatic heterocycles. The molecule has 108 valence electrons. The van der Waals surface area contributed by atoms with Gasteiger partial charge in [-0.25, -0.2) is 0 Å². The third-order valence-corrected chi connectivity index (χ3v) is 2.70. The topological polar surface area (TPSA) is 107 Å². The molecule has 0 aliphatic rings. The number of Topliss-reactive ketones (excluding diaryl/α,β-unsaturated/α-hetero) is 1. The number of nitro benzene ring substituents is 2. The predicted molar refractivity (Wildman–Crippen MR) is 71.9 cm³/mol. The van der Waals surface area contributed by atoms with Gasteiger partial charge in [0, 0.05) is 24.1 Å². The van der Waals surface area contributed by atoms with E-state index in [9.17, 15) is 25.0 Å². The van der Waals surface area contributed by atoms with Gasteiger partial charge in [-0.15, -0.1) is 0 Å². The molecular formula is C12H15N3O5. The van der Waals surface area contributed by atoms with Crippen molar-refractivity contribution in [2.24, 2.45) is 0 Å². The monoisotopic (exact) mass is 281 g/mol. The Bertz CT molecular complexity index is 542. The fraction of sp³-hybridized carbons (Fsp3) is 0.417. The van der Waals surface area contributed by atoms with Crippen LogP contribution >= 0.6 is 0 Å². The largest absolute Gasteiger partial charge is 0.346 e. The second-order valence-electron chi connectivity index (χ2n) is 4.55. The van der Waals surface area contributed by atoms with Crippen LogP contribution in [0.3, 0.4) is 0 Å². The number of rotatable bonds is 7. The maximum atomic E-state index is 11.9. The molecule has 1 aromatic rings. The quantitative estimate of drug-likeness (QED) is 0.430. The first kappa shape index (κ1) is 15.7. The smallest absolute Gasteiger partial charge is 0.309 e. The molecule has 0 fully saturated rings. The van der Waals surface area contributed by atoms with Crippen LogP contribution in [0, 0.1) is 20.2 Å². The fourth-order valence-corrected chi connectivity index (χ4v) is 1.70. The van der Waals surface area contributed by atoms with Gasteiger partial charge in [-0.2, -0.15) is 0 Å². The highest BCUT2D eigenvalue weighted by molar-refractivity contribution is 5.97. The van der Waals surface area contributed by atoms with Gasteiger partial charge in [0.1, 0.15) is 0 Å². The Morgan fingerprint density at radius 1 is 1.15 bits per heavy atom. The summed E-state index contributed by atoms with van der Waals surface area (Å²) >= 11 is 0. The normalized spacial score (nSPS) is 10.6. The summed E-state index contributed by atoms with van der Waals surface area (Å²) in [6, 6.07) is 3.22. The Hall–Kier alpha value is -2.35. The molecule has 0 unspecified atom stereocenters. The number of nitrogens with zero attached hydrogens (tertiary/aromatic N) is 3. The maximum absolute atomic E-state index is 11.9. The molecule has 8 nitrogen and oxygen atoms in total. The average molecular weight is 281 g/mol. The van der Waals surface area contributed by atoms with Crippen molar-refractivity contribution < 1.29 is 14.6 Å². The molecule has 0 N–H and O–H groups in total. The summed E-state index contributed by atoms with van der Waals surface area (Å²) in [5.41, 5.74) is -1.14. The molecule has 0 spiro atoms. The molecule has 0 saturated carbocycles. The van der Waals surface area contributed by atoms with Crippen LogP contribution in [0.25, 0.3) is 0 Å². The summed E-state index contributed by atoms with van der Waals surface area (Å²) in [6.07, 6.45) is 0.865. The molecule has 0 aromatic heterocycles. The van der Waals surface area contributed by atoms with Crippen LogP contribution in [-0.2, 0) is 0 Å². The number of nitro groups is 2. The van der Waals surface area contributed by atoms with Crippen LogP contribution in [-0.4, -0.2) is 41.2 Å². The Labute approximate surface area is 115 Å². The van der Waals surface area contributed by atoms with Gasteiger partial charge < -0.3 is 4.90 Å². The van der Waals surface area contributed by atoms with Gasteiger partial charge in [0.25, 0.3) is 0 Å². The predicted octanol–water partition coefficient (Wildman–Crippen LogP) is 2.03. The molecular weight excluding hydrogens is 266 g/mol. The lowest BCUT2D eigenvalue weighted by atomic mass is 10.1. The van der Waals surface area contributed by atoms with Gasteiger partial charge in [-0.1, -0.05) is 0 Å². The first-order valence-corrected chi connectivity index (χ1v) is 5.93. The van der Waals surface area contributed by atoms with Crippen molar-refractivity contribution >= 4 is 17.2 Å². The summed E-state index contributed by atoms with van der Waals surface area (Å²) in [5, 5.41) is 21.5. The second-order valence-corrected chi connectivity index (χ2v) is 4.55. The third-order valence-electron chi connectivity index (χ3n) is 2.70. The van der Waals surface area contributed by atoms with E-state index in [1.807, 2.05) is 19.0 Å². The van der Waals surface area contributed by atoms with Crippen molar-refractivity contribution in [3.63, 3.8) is 0 Å². The molecule has 8 heteroatoms. The minimum absolute atomic E-state index is 0.126. The molecule has 1 rings (SSSR count).